The van der Waals surface area contributed by atoms with Crippen molar-refractivity contribution in [2.75, 3.05) is 0 Å². The number of benzene rings is 1. The molecule has 5 nitrogen and oxygen atoms in total. The minimum atomic E-state index is -5.21. The quantitative estimate of drug-likeness (QED) is 0.799. The van der Waals surface area contributed by atoms with Crippen LogP contribution in [0.3, 0.4) is 0 Å². The first-order valence-corrected chi connectivity index (χ1v) is 9.38. The molecule has 1 aliphatic rings. The monoisotopic (exact) mass is 402 g/mol. The van der Waals surface area contributed by atoms with Crippen LogP contribution in [-0.2, 0) is 16.3 Å². The smallest absolute Gasteiger partial charge is 0.341 e. The van der Waals surface area contributed by atoms with Crippen LogP contribution in [0.25, 0.3) is 5.69 Å². The van der Waals surface area contributed by atoms with Crippen molar-refractivity contribution in [3.8, 4) is 11.8 Å². The lowest BCUT2D eigenvalue weighted by Gasteiger charge is -2.29. The van der Waals surface area contributed by atoms with Gasteiger partial charge in [-0.05, 0) is 37.1 Å². The Bertz CT molecular complexity index is 1050. The summed E-state index contributed by atoms with van der Waals surface area (Å²) in [6, 6.07) is 6.36. The molecular formula is C17H14F4N2O3S. The fourth-order valence-corrected chi connectivity index (χ4v) is 4.17. The average Bonchev–Trinajstić information content (AvgIpc) is 2.99. The number of nitriles is 1. The van der Waals surface area contributed by atoms with Gasteiger partial charge in [-0.2, -0.15) is 14.0 Å². The molecule has 2 aromatic rings. The first kappa shape index (κ1) is 19.4. The lowest BCUT2D eigenvalue weighted by Crippen LogP contribution is -2.33. The molecule has 0 radical (unpaired) electrons. The summed E-state index contributed by atoms with van der Waals surface area (Å²) in [5.74, 6) is -7.45. The molecule has 0 saturated heterocycles. The number of alkyl halides is 4. The minimum absolute atomic E-state index is 0.0248. The van der Waals surface area contributed by atoms with Crippen molar-refractivity contribution in [3.63, 3.8) is 0 Å². The van der Waals surface area contributed by atoms with Gasteiger partial charge in [0.25, 0.3) is 5.92 Å². The zero-order chi connectivity index (χ0) is 20.1. The van der Waals surface area contributed by atoms with Gasteiger partial charge in [-0.15, -0.1) is 0 Å². The molecule has 0 aliphatic heterocycles. The number of halogens is 4. The normalized spacial score (nSPS) is 19.0. The van der Waals surface area contributed by atoms with E-state index in [0.29, 0.717) is 16.8 Å². The fraction of sp³-hybridized carbons (Fsp3) is 0.353. The molecule has 3 rings (SSSR count). The first-order chi connectivity index (χ1) is 12.5. The molecule has 144 valence electrons. The van der Waals surface area contributed by atoms with Gasteiger partial charge in [-0.3, -0.25) is 0 Å². The standard InChI is InChI=1S/C17H14F4N2O3S/c1-9-6-11(3-2-10(9)7-22)23-8-13(27(25,26)16(18)19)14-12(23)4-5-17(20,21)15(14)24/h2-3,6,8,15-16,24H,4-5H2,1H3/t15-/m0/s1. The van der Waals surface area contributed by atoms with Gasteiger partial charge in [0, 0.05) is 29.6 Å². The number of nitrogens with zero attached hydrogens (tertiary/aromatic N) is 2. The Morgan fingerprint density at radius 3 is 2.59 bits per heavy atom. The van der Waals surface area contributed by atoms with E-state index in [-0.39, 0.29) is 12.1 Å². The van der Waals surface area contributed by atoms with E-state index in [9.17, 15) is 31.1 Å². The maximum atomic E-state index is 13.9. The highest BCUT2D eigenvalue weighted by molar-refractivity contribution is 7.91. The van der Waals surface area contributed by atoms with Crippen molar-refractivity contribution in [3.05, 3.63) is 46.8 Å². The van der Waals surface area contributed by atoms with Crippen molar-refractivity contribution in [2.24, 2.45) is 0 Å². The summed E-state index contributed by atoms with van der Waals surface area (Å²) in [5.41, 5.74) is 0.533. The van der Waals surface area contributed by atoms with Gasteiger partial charge in [0.2, 0.25) is 9.84 Å². The average molecular weight is 402 g/mol. The molecule has 1 atom stereocenters. The summed E-state index contributed by atoms with van der Waals surface area (Å²) in [7, 11) is -5.21. The lowest BCUT2D eigenvalue weighted by molar-refractivity contribution is -0.123. The lowest BCUT2D eigenvalue weighted by atomic mass is 9.91. The van der Waals surface area contributed by atoms with Crippen LogP contribution < -0.4 is 0 Å². The van der Waals surface area contributed by atoms with Gasteiger partial charge >= 0.3 is 5.76 Å². The third-order valence-electron chi connectivity index (χ3n) is 4.63. The maximum Gasteiger partial charge on any atom is 0.341 e. The van der Waals surface area contributed by atoms with E-state index in [1.807, 2.05) is 6.07 Å². The third kappa shape index (κ3) is 3.00. The van der Waals surface area contributed by atoms with Crippen LogP contribution >= 0.6 is 0 Å². The topological polar surface area (TPSA) is 83.1 Å². The molecule has 1 aliphatic carbocycles. The molecule has 27 heavy (non-hydrogen) atoms. The molecule has 1 aromatic heterocycles. The molecule has 1 aromatic carbocycles. The number of aliphatic hydroxyl groups is 1. The van der Waals surface area contributed by atoms with Crippen molar-refractivity contribution in [2.45, 2.75) is 42.4 Å². The van der Waals surface area contributed by atoms with E-state index in [4.69, 9.17) is 5.26 Å². The highest BCUT2D eigenvalue weighted by Crippen LogP contribution is 2.46. The molecule has 1 N–H and O–H groups in total. The summed E-state index contributed by atoms with van der Waals surface area (Å²) >= 11 is 0. The Morgan fingerprint density at radius 1 is 1.37 bits per heavy atom. The van der Waals surface area contributed by atoms with E-state index < -0.39 is 44.5 Å². The van der Waals surface area contributed by atoms with Crippen LogP contribution in [0.4, 0.5) is 17.6 Å². The molecule has 0 amide bonds. The molecule has 0 bridgehead atoms. The maximum absolute atomic E-state index is 13.9. The van der Waals surface area contributed by atoms with Crippen LogP contribution in [0.5, 0.6) is 0 Å². The summed E-state index contributed by atoms with van der Waals surface area (Å²) < 4.78 is 79.2. The SMILES string of the molecule is Cc1cc(-n2cc(S(=O)(=O)C(F)F)c3c2CCC(F)(F)[C@H]3O)ccc1C#N. The second kappa shape index (κ2) is 6.35. The second-order valence-electron chi connectivity index (χ2n) is 6.30. The van der Waals surface area contributed by atoms with Gasteiger partial charge in [0.05, 0.1) is 16.5 Å². The molecule has 0 spiro atoms. The summed E-state index contributed by atoms with van der Waals surface area (Å²) in [6.45, 7) is 1.62. The van der Waals surface area contributed by atoms with E-state index in [1.165, 1.54) is 22.8 Å². The number of hydrogen-bond acceptors (Lipinski definition) is 4. The number of rotatable bonds is 3. The highest BCUT2D eigenvalue weighted by Gasteiger charge is 2.48. The van der Waals surface area contributed by atoms with Crippen LogP contribution in [0.1, 0.15) is 34.9 Å². The van der Waals surface area contributed by atoms with E-state index in [1.54, 1.807) is 6.92 Å². The molecule has 10 heteroatoms. The van der Waals surface area contributed by atoms with Gasteiger partial charge in [0.1, 0.15) is 6.10 Å². The Morgan fingerprint density at radius 2 is 2.04 bits per heavy atom. The zero-order valence-corrected chi connectivity index (χ0v) is 14.8. The molecule has 0 unspecified atom stereocenters. The predicted molar refractivity (Wildman–Crippen MR) is 86.6 cm³/mol. The van der Waals surface area contributed by atoms with Crippen LogP contribution in [0, 0.1) is 18.3 Å². The Labute approximate surface area is 152 Å². The van der Waals surface area contributed by atoms with Gasteiger partial charge in [-0.1, -0.05) is 0 Å². The van der Waals surface area contributed by atoms with E-state index >= 15 is 0 Å². The number of aryl methyl sites for hydroxylation is 1. The van der Waals surface area contributed by atoms with Crippen molar-refractivity contribution in [1.82, 2.24) is 4.57 Å². The van der Waals surface area contributed by atoms with E-state index in [2.05, 4.69) is 0 Å². The number of fused-ring (bicyclic) bond motifs is 1. The Balaban J connectivity index is 2.30. The summed E-state index contributed by atoms with van der Waals surface area (Å²) in [5, 5.41) is 19.0. The summed E-state index contributed by atoms with van der Waals surface area (Å²) in [6.07, 6.45) is -2.74. The summed E-state index contributed by atoms with van der Waals surface area (Å²) in [4.78, 5) is -1.01. The fourth-order valence-electron chi connectivity index (χ4n) is 3.19. The van der Waals surface area contributed by atoms with Gasteiger partial charge in [-0.25, -0.2) is 17.2 Å². The Hall–Kier alpha value is -2.38. The molecule has 0 saturated carbocycles. The highest BCUT2D eigenvalue weighted by atomic mass is 32.2. The largest absolute Gasteiger partial charge is 0.382 e. The first-order valence-electron chi connectivity index (χ1n) is 7.84. The number of sulfone groups is 1. The second-order valence-corrected chi connectivity index (χ2v) is 8.19. The van der Waals surface area contributed by atoms with E-state index in [0.717, 1.165) is 6.20 Å². The van der Waals surface area contributed by atoms with Crippen molar-refractivity contribution < 1.29 is 31.1 Å². The predicted octanol–water partition coefficient (Wildman–Crippen LogP) is 3.27. The molecular weight excluding hydrogens is 388 g/mol. The number of aromatic nitrogens is 1. The van der Waals surface area contributed by atoms with Crippen molar-refractivity contribution in [1.29, 1.82) is 5.26 Å². The number of aliphatic hydroxyl groups excluding tert-OH is 1. The zero-order valence-electron chi connectivity index (χ0n) is 14.0. The number of hydrogen-bond donors (Lipinski definition) is 1. The van der Waals surface area contributed by atoms with Gasteiger partial charge in [0.15, 0.2) is 0 Å². The third-order valence-corrected chi connectivity index (χ3v) is 6.04. The van der Waals surface area contributed by atoms with Crippen LogP contribution in [0.15, 0.2) is 29.3 Å². The Kier molecular flexibility index (Phi) is 4.56. The molecule has 0 fully saturated rings. The van der Waals surface area contributed by atoms with Gasteiger partial charge < -0.3 is 9.67 Å². The minimum Gasteiger partial charge on any atom is -0.382 e. The van der Waals surface area contributed by atoms with Crippen LogP contribution in [0.2, 0.25) is 0 Å². The van der Waals surface area contributed by atoms with Crippen LogP contribution in [-0.4, -0.2) is 29.8 Å². The molecule has 1 heterocycles. The van der Waals surface area contributed by atoms with Crippen molar-refractivity contribution >= 4 is 9.84 Å².